The first kappa shape index (κ1) is 11.8. The molecule has 0 unspecified atom stereocenters. The molecule has 0 spiro atoms. The van der Waals surface area contributed by atoms with E-state index < -0.39 is 6.43 Å². The van der Waals surface area contributed by atoms with Crippen molar-refractivity contribution in [1.29, 1.82) is 5.26 Å². The number of aromatic nitrogens is 1. The van der Waals surface area contributed by atoms with Crippen LogP contribution in [0, 0.1) is 14.9 Å². The third kappa shape index (κ3) is 2.39. The first-order valence-electron chi connectivity index (χ1n) is 3.55. The monoisotopic (exact) mass is 372 g/mol. The summed E-state index contributed by atoms with van der Waals surface area (Å²) in [6.45, 7) is 0. The minimum atomic E-state index is -2.56. The molecule has 0 N–H and O–H groups in total. The Hall–Kier alpha value is -0.290. The Morgan fingerprint density at radius 3 is 2.79 bits per heavy atom. The number of nitrogens with zero attached hydrogens (tertiary/aromatic N) is 2. The van der Waals surface area contributed by atoms with Crippen molar-refractivity contribution in [2.45, 2.75) is 12.8 Å². The normalized spacial score (nSPS) is 10.3. The Balaban J connectivity index is 3.28. The van der Waals surface area contributed by atoms with Gasteiger partial charge in [-0.3, -0.25) is 4.98 Å². The highest BCUT2D eigenvalue weighted by Gasteiger charge is 2.18. The highest BCUT2D eigenvalue weighted by atomic mass is 127. The van der Waals surface area contributed by atoms with E-state index in [-0.39, 0.29) is 16.5 Å². The smallest absolute Gasteiger partial charge is 0.258 e. The Morgan fingerprint density at radius 1 is 1.64 bits per heavy atom. The molecule has 0 aliphatic carbocycles. The van der Waals surface area contributed by atoms with Crippen LogP contribution in [0.1, 0.15) is 17.7 Å². The summed E-state index contributed by atoms with van der Waals surface area (Å²) in [5, 5.41) is 8.45. The molecule has 74 valence electrons. The van der Waals surface area contributed by atoms with Crippen LogP contribution in [-0.2, 0) is 6.42 Å². The summed E-state index contributed by atoms with van der Waals surface area (Å²) >= 11 is 4.78. The van der Waals surface area contributed by atoms with Gasteiger partial charge < -0.3 is 0 Å². The Bertz CT molecular complexity index is 390. The maximum Gasteiger partial charge on any atom is 0.266 e. The largest absolute Gasteiger partial charge is 0.266 e. The van der Waals surface area contributed by atoms with Crippen LogP contribution >= 0.6 is 38.5 Å². The number of halogens is 4. The molecule has 0 aliphatic heterocycles. The van der Waals surface area contributed by atoms with Crippen molar-refractivity contribution in [2.75, 3.05) is 0 Å². The van der Waals surface area contributed by atoms with Crippen molar-refractivity contribution in [1.82, 2.24) is 4.98 Å². The predicted octanol–water partition coefficient (Wildman–Crippen LogP) is 3.45. The van der Waals surface area contributed by atoms with Crippen molar-refractivity contribution < 1.29 is 8.78 Å². The summed E-state index contributed by atoms with van der Waals surface area (Å²) in [5.74, 6) is 0. The lowest BCUT2D eigenvalue weighted by molar-refractivity contribution is 0.149. The number of rotatable bonds is 2. The van der Waals surface area contributed by atoms with Gasteiger partial charge in [0.1, 0.15) is 0 Å². The second-order valence-corrected chi connectivity index (χ2v) is 4.35. The maximum atomic E-state index is 12.6. The fourth-order valence-electron chi connectivity index (χ4n) is 0.919. The summed E-state index contributed by atoms with van der Waals surface area (Å²) in [7, 11) is 0. The van der Waals surface area contributed by atoms with Gasteiger partial charge in [-0.2, -0.15) is 5.26 Å². The summed E-state index contributed by atoms with van der Waals surface area (Å²) in [5.41, 5.74) is 0.303. The molecule has 0 atom stereocenters. The molecule has 2 nitrogen and oxygen atoms in total. The van der Waals surface area contributed by atoms with Crippen LogP contribution < -0.4 is 0 Å². The molecule has 0 saturated heterocycles. The average molecular weight is 373 g/mol. The molecular formula is C8H4BrF2IN2. The van der Waals surface area contributed by atoms with E-state index in [0.717, 1.165) is 0 Å². The first-order valence-corrected chi connectivity index (χ1v) is 5.43. The lowest BCUT2D eigenvalue weighted by atomic mass is 10.2. The molecule has 0 bridgehead atoms. The second kappa shape index (κ2) is 4.98. The van der Waals surface area contributed by atoms with Crippen molar-refractivity contribution in [3.05, 3.63) is 25.5 Å². The van der Waals surface area contributed by atoms with Crippen LogP contribution in [0.2, 0.25) is 0 Å². The predicted molar refractivity (Wildman–Crippen MR) is 58.9 cm³/mol. The van der Waals surface area contributed by atoms with Crippen molar-refractivity contribution in [3.63, 3.8) is 0 Å². The van der Waals surface area contributed by atoms with E-state index in [9.17, 15) is 8.78 Å². The first-order chi connectivity index (χ1) is 6.57. The number of hydrogen-bond acceptors (Lipinski definition) is 2. The second-order valence-electron chi connectivity index (χ2n) is 2.42. The van der Waals surface area contributed by atoms with E-state index in [0.29, 0.717) is 9.26 Å². The van der Waals surface area contributed by atoms with Crippen molar-refractivity contribution >= 4 is 38.5 Å². The molecule has 1 heterocycles. The number of hydrogen-bond donors (Lipinski definition) is 0. The molecule has 0 amide bonds. The Kier molecular flexibility index (Phi) is 4.19. The lowest BCUT2D eigenvalue weighted by Crippen LogP contribution is -2.00. The highest BCUT2D eigenvalue weighted by Crippen LogP contribution is 2.32. The average Bonchev–Trinajstić information content (AvgIpc) is 2.10. The zero-order valence-corrected chi connectivity index (χ0v) is 10.5. The SMILES string of the molecule is N#CCc1ncc(Br)c(C(F)F)c1I. The Labute approximate surface area is 102 Å². The van der Waals surface area contributed by atoms with Gasteiger partial charge in [0.2, 0.25) is 0 Å². The van der Waals surface area contributed by atoms with Crippen LogP contribution in [-0.4, -0.2) is 4.98 Å². The quantitative estimate of drug-likeness (QED) is 0.745. The van der Waals surface area contributed by atoms with E-state index in [1.54, 1.807) is 22.6 Å². The fourth-order valence-corrected chi connectivity index (χ4v) is 2.62. The van der Waals surface area contributed by atoms with Crippen LogP contribution in [0.5, 0.6) is 0 Å². The summed E-state index contributed by atoms with van der Waals surface area (Å²) in [4.78, 5) is 3.90. The van der Waals surface area contributed by atoms with E-state index >= 15 is 0 Å². The molecule has 0 radical (unpaired) electrons. The van der Waals surface area contributed by atoms with Gasteiger partial charge in [0.05, 0.1) is 18.2 Å². The van der Waals surface area contributed by atoms with Gasteiger partial charge in [-0.25, -0.2) is 8.78 Å². The molecule has 1 aromatic rings. The van der Waals surface area contributed by atoms with Crippen LogP contribution in [0.4, 0.5) is 8.78 Å². The van der Waals surface area contributed by atoms with E-state index in [2.05, 4.69) is 20.9 Å². The molecule has 1 aromatic heterocycles. The zero-order chi connectivity index (χ0) is 10.7. The molecule has 6 heteroatoms. The molecule has 1 rings (SSSR count). The summed E-state index contributed by atoms with van der Waals surface area (Å²) in [6, 6.07) is 1.88. The summed E-state index contributed by atoms with van der Waals surface area (Å²) in [6.07, 6.45) is -1.21. The molecule has 0 saturated carbocycles. The van der Waals surface area contributed by atoms with Gasteiger partial charge in [-0.1, -0.05) is 0 Å². The minimum absolute atomic E-state index is 0.0469. The Morgan fingerprint density at radius 2 is 2.29 bits per heavy atom. The molecule has 14 heavy (non-hydrogen) atoms. The topological polar surface area (TPSA) is 36.7 Å². The van der Waals surface area contributed by atoms with E-state index in [1.165, 1.54) is 6.20 Å². The van der Waals surface area contributed by atoms with Gasteiger partial charge in [0.15, 0.2) is 0 Å². The van der Waals surface area contributed by atoms with Gasteiger partial charge in [-0.15, -0.1) is 0 Å². The van der Waals surface area contributed by atoms with E-state index in [4.69, 9.17) is 5.26 Å². The lowest BCUT2D eigenvalue weighted by Gasteiger charge is -2.08. The number of pyridine rings is 1. The van der Waals surface area contributed by atoms with Crippen LogP contribution in [0.15, 0.2) is 10.7 Å². The zero-order valence-electron chi connectivity index (χ0n) is 6.77. The standard InChI is InChI=1S/C8H4BrF2IN2/c9-4-3-14-5(1-2-13)7(12)6(4)8(10)11/h3,8H,1H2. The van der Waals surface area contributed by atoms with Crippen LogP contribution in [0.3, 0.4) is 0 Å². The van der Waals surface area contributed by atoms with Gasteiger partial charge in [-0.05, 0) is 38.5 Å². The third-order valence-corrected chi connectivity index (χ3v) is 3.38. The fraction of sp³-hybridized carbons (Fsp3) is 0.250. The van der Waals surface area contributed by atoms with Crippen molar-refractivity contribution in [3.8, 4) is 6.07 Å². The van der Waals surface area contributed by atoms with Gasteiger partial charge >= 0.3 is 0 Å². The molecule has 0 aromatic carbocycles. The maximum absolute atomic E-state index is 12.6. The summed E-state index contributed by atoms with van der Waals surface area (Å²) < 4.78 is 25.8. The van der Waals surface area contributed by atoms with E-state index in [1.807, 2.05) is 6.07 Å². The molecule has 0 aliphatic rings. The van der Waals surface area contributed by atoms with Gasteiger partial charge in [0.25, 0.3) is 6.43 Å². The number of alkyl halides is 2. The minimum Gasteiger partial charge on any atom is -0.258 e. The highest BCUT2D eigenvalue weighted by molar-refractivity contribution is 14.1. The third-order valence-electron chi connectivity index (χ3n) is 1.55. The molecular weight excluding hydrogens is 369 g/mol. The molecule has 0 fully saturated rings. The van der Waals surface area contributed by atoms with Gasteiger partial charge in [0, 0.05) is 19.8 Å². The van der Waals surface area contributed by atoms with Crippen LogP contribution in [0.25, 0.3) is 0 Å². The number of nitriles is 1. The van der Waals surface area contributed by atoms with Crippen molar-refractivity contribution in [2.24, 2.45) is 0 Å².